The smallest absolute Gasteiger partial charge is 0.357 e. The summed E-state index contributed by atoms with van der Waals surface area (Å²) in [6.45, 7) is 2.40. The van der Waals surface area contributed by atoms with Gasteiger partial charge in [-0.3, -0.25) is 4.79 Å². The molecule has 1 fully saturated rings. The number of amides is 1. The lowest BCUT2D eigenvalue weighted by Gasteiger charge is -2.34. The minimum absolute atomic E-state index is 0.121. The first-order valence-electron chi connectivity index (χ1n) is 9.36. The van der Waals surface area contributed by atoms with Crippen molar-refractivity contribution in [2.45, 2.75) is 51.6 Å². The Bertz CT molecular complexity index is 829. The Balaban J connectivity index is 1.85. The monoisotopic (exact) mass is 440 g/mol. The van der Waals surface area contributed by atoms with Gasteiger partial charge in [-0.2, -0.15) is 0 Å². The van der Waals surface area contributed by atoms with E-state index in [0.717, 1.165) is 25.7 Å². The van der Waals surface area contributed by atoms with Gasteiger partial charge in [-0.15, -0.1) is 11.3 Å². The maximum absolute atomic E-state index is 13.3. The second-order valence-electron chi connectivity index (χ2n) is 6.73. The summed E-state index contributed by atoms with van der Waals surface area (Å²) >= 11 is 13.5. The number of ether oxygens (including phenoxy) is 1. The van der Waals surface area contributed by atoms with Crippen LogP contribution in [0.15, 0.2) is 23.6 Å². The van der Waals surface area contributed by atoms with Crippen molar-refractivity contribution in [2.24, 2.45) is 0 Å². The molecular formula is C20H22Cl2N2O3S. The average Bonchev–Trinajstić information content (AvgIpc) is 3.14. The first-order valence-corrected chi connectivity index (χ1v) is 11.0. The summed E-state index contributed by atoms with van der Waals surface area (Å²) in [7, 11) is 0. The summed E-state index contributed by atoms with van der Waals surface area (Å²) in [6.07, 6.45) is 5.28. The predicted octanol–water partition coefficient (Wildman–Crippen LogP) is 5.60. The van der Waals surface area contributed by atoms with E-state index >= 15 is 0 Å². The third kappa shape index (κ3) is 5.25. The number of nitrogens with zero attached hydrogens (tertiary/aromatic N) is 2. The fourth-order valence-corrected chi connectivity index (χ4v) is 4.72. The quantitative estimate of drug-likeness (QED) is 0.548. The van der Waals surface area contributed by atoms with E-state index in [0.29, 0.717) is 33.8 Å². The highest BCUT2D eigenvalue weighted by Gasteiger charge is 2.28. The summed E-state index contributed by atoms with van der Waals surface area (Å²) in [4.78, 5) is 31.4. The van der Waals surface area contributed by atoms with Gasteiger partial charge >= 0.3 is 5.97 Å². The fourth-order valence-electron chi connectivity index (χ4n) is 3.43. The topological polar surface area (TPSA) is 59.5 Å². The maximum atomic E-state index is 13.3. The Hall–Kier alpha value is -1.63. The van der Waals surface area contributed by atoms with Gasteiger partial charge < -0.3 is 9.64 Å². The molecule has 2 aromatic rings. The number of rotatable bonds is 6. The molecule has 8 heteroatoms. The number of carbonyl (C=O) groups is 2. The standard InChI is InChI=1S/C20H22Cl2N2O3S/c1-2-27-20(26)17-12-28-18(23-17)11-24(16-6-4-3-5-7-16)19(25)13-8-14(21)10-15(22)9-13/h8-10,12,16H,2-7,11H2,1H3. The van der Waals surface area contributed by atoms with Gasteiger partial charge in [0.2, 0.25) is 0 Å². The van der Waals surface area contributed by atoms with Crippen molar-refractivity contribution in [1.82, 2.24) is 9.88 Å². The molecule has 1 aromatic carbocycles. The zero-order valence-electron chi connectivity index (χ0n) is 15.6. The Morgan fingerprint density at radius 1 is 1.18 bits per heavy atom. The Morgan fingerprint density at radius 2 is 1.86 bits per heavy atom. The zero-order valence-corrected chi connectivity index (χ0v) is 17.9. The van der Waals surface area contributed by atoms with Crippen molar-refractivity contribution >= 4 is 46.4 Å². The Morgan fingerprint density at radius 3 is 2.50 bits per heavy atom. The molecule has 0 unspecified atom stereocenters. The van der Waals surface area contributed by atoms with E-state index in [2.05, 4.69) is 4.98 Å². The number of thiazole rings is 1. The van der Waals surface area contributed by atoms with Gasteiger partial charge in [0.25, 0.3) is 5.91 Å². The molecule has 0 N–H and O–H groups in total. The zero-order chi connectivity index (χ0) is 20.1. The van der Waals surface area contributed by atoms with Crippen LogP contribution in [0.2, 0.25) is 10.0 Å². The van der Waals surface area contributed by atoms with E-state index in [1.165, 1.54) is 17.8 Å². The van der Waals surface area contributed by atoms with Crippen molar-refractivity contribution < 1.29 is 14.3 Å². The second kappa shape index (κ2) is 9.72. The summed E-state index contributed by atoms with van der Waals surface area (Å²) in [5.41, 5.74) is 0.744. The van der Waals surface area contributed by atoms with Crippen LogP contribution in [-0.4, -0.2) is 34.4 Å². The van der Waals surface area contributed by atoms with E-state index in [4.69, 9.17) is 27.9 Å². The van der Waals surface area contributed by atoms with Crippen molar-refractivity contribution in [3.63, 3.8) is 0 Å². The Kier molecular flexibility index (Phi) is 7.32. The third-order valence-electron chi connectivity index (χ3n) is 4.73. The molecule has 1 aliphatic rings. The van der Waals surface area contributed by atoms with Crippen LogP contribution in [0.4, 0.5) is 0 Å². The van der Waals surface area contributed by atoms with Gasteiger partial charge in [-0.1, -0.05) is 42.5 Å². The van der Waals surface area contributed by atoms with Crippen LogP contribution in [0.1, 0.15) is 64.9 Å². The molecule has 1 amide bonds. The van der Waals surface area contributed by atoms with Crippen LogP contribution in [0, 0.1) is 0 Å². The fraction of sp³-hybridized carbons (Fsp3) is 0.450. The molecule has 5 nitrogen and oxygen atoms in total. The van der Waals surface area contributed by atoms with E-state index < -0.39 is 5.97 Å². The minimum atomic E-state index is -0.442. The van der Waals surface area contributed by atoms with Gasteiger partial charge in [-0.25, -0.2) is 9.78 Å². The lowest BCUT2D eigenvalue weighted by molar-refractivity contribution is 0.0520. The van der Waals surface area contributed by atoms with Gasteiger partial charge in [0.15, 0.2) is 5.69 Å². The molecule has 0 aliphatic heterocycles. The van der Waals surface area contributed by atoms with Crippen LogP contribution in [0.3, 0.4) is 0 Å². The van der Waals surface area contributed by atoms with E-state index in [-0.39, 0.29) is 17.6 Å². The highest BCUT2D eigenvalue weighted by atomic mass is 35.5. The van der Waals surface area contributed by atoms with Crippen molar-refractivity contribution in [3.8, 4) is 0 Å². The molecule has 3 rings (SSSR count). The number of halogens is 2. The van der Waals surface area contributed by atoms with Crippen molar-refractivity contribution in [2.75, 3.05) is 6.61 Å². The number of carbonyl (C=O) groups excluding carboxylic acids is 2. The number of benzene rings is 1. The molecule has 1 heterocycles. The number of esters is 1. The molecule has 150 valence electrons. The van der Waals surface area contributed by atoms with Crippen molar-refractivity contribution in [1.29, 1.82) is 0 Å². The average molecular weight is 441 g/mol. The molecule has 28 heavy (non-hydrogen) atoms. The molecule has 0 spiro atoms. The maximum Gasteiger partial charge on any atom is 0.357 e. The minimum Gasteiger partial charge on any atom is -0.461 e. The van der Waals surface area contributed by atoms with E-state index in [1.54, 1.807) is 30.5 Å². The van der Waals surface area contributed by atoms with Crippen LogP contribution in [0.5, 0.6) is 0 Å². The summed E-state index contributed by atoms with van der Waals surface area (Å²) in [6, 6.07) is 5.01. The van der Waals surface area contributed by atoms with Crippen LogP contribution < -0.4 is 0 Å². The molecular weight excluding hydrogens is 419 g/mol. The molecule has 0 atom stereocenters. The SMILES string of the molecule is CCOC(=O)c1csc(CN(C(=O)c2cc(Cl)cc(Cl)c2)C2CCCCC2)n1. The molecule has 1 aromatic heterocycles. The van der Waals surface area contributed by atoms with Crippen LogP contribution in [0.25, 0.3) is 0 Å². The first kappa shape index (κ1) is 21.1. The highest BCUT2D eigenvalue weighted by Crippen LogP contribution is 2.28. The van der Waals surface area contributed by atoms with Crippen LogP contribution in [-0.2, 0) is 11.3 Å². The summed E-state index contributed by atoms with van der Waals surface area (Å²) in [5, 5.41) is 3.24. The molecule has 0 bridgehead atoms. The second-order valence-corrected chi connectivity index (χ2v) is 8.55. The molecule has 0 radical (unpaired) electrons. The largest absolute Gasteiger partial charge is 0.461 e. The normalized spacial score (nSPS) is 14.7. The number of hydrogen-bond donors (Lipinski definition) is 0. The molecule has 1 saturated carbocycles. The third-order valence-corrected chi connectivity index (χ3v) is 6.00. The lowest BCUT2D eigenvalue weighted by atomic mass is 9.93. The van der Waals surface area contributed by atoms with Gasteiger partial charge in [0.1, 0.15) is 5.01 Å². The number of aromatic nitrogens is 1. The van der Waals surface area contributed by atoms with Gasteiger partial charge in [0, 0.05) is 27.0 Å². The number of hydrogen-bond acceptors (Lipinski definition) is 5. The van der Waals surface area contributed by atoms with Crippen molar-refractivity contribution in [3.05, 3.63) is 49.9 Å². The first-order chi connectivity index (χ1) is 13.5. The molecule has 0 saturated heterocycles. The highest BCUT2D eigenvalue weighted by molar-refractivity contribution is 7.09. The van der Waals surface area contributed by atoms with E-state index in [9.17, 15) is 9.59 Å². The van der Waals surface area contributed by atoms with Crippen LogP contribution >= 0.6 is 34.5 Å². The predicted molar refractivity (Wildman–Crippen MR) is 111 cm³/mol. The summed E-state index contributed by atoms with van der Waals surface area (Å²) in [5.74, 6) is -0.564. The van der Waals surface area contributed by atoms with Gasteiger partial charge in [-0.05, 0) is 38.0 Å². The lowest BCUT2D eigenvalue weighted by Crippen LogP contribution is -2.41. The van der Waals surface area contributed by atoms with E-state index in [1.807, 2.05) is 4.90 Å². The van der Waals surface area contributed by atoms with Gasteiger partial charge in [0.05, 0.1) is 13.2 Å². The Labute approximate surface area is 178 Å². The molecule has 1 aliphatic carbocycles. The summed E-state index contributed by atoms with van der Waals surface area (Å²) < 4.78 is 5.00.